The average molecular weight is 431 g/mol. The largest absolute Gasteiger partial charge is 0.139 e. The molecule has 0 aromatic carbocycles. The number of hydrogen-bond donors (Lipinski definition) is 0. The Hall–Kier alpha value is 0.908. The van der Waals surface area contributed by atoms with Gasteiger partial charge in [-0.05, 0) is 18.5 Å². The number of rotatable bonds is 5. The zero-order valence-electron chi connectivity index (χ0n) is 19.6. The molecule has 0 heterocycles. The lowest BCUT2D eigenvalue weighted by atomic mass is 10.0. The molecule has 1 rings (SSSR count). The van der Waals surface area contributed by atoms with Gasteiger partial charge in [0.2, 0.25) is 0 Å². The summed E-state index contributed by atoms with van der Waals surface area (Å²) in [4.78, 5) is 0. The maximum Gasteiger partial charge on any atom is 0.0726 e. The van der Waals surface area contributed by atoms with Gasteiger partial charge in [-0.25, -0.2) is 0 Å². The highest BCUT2D eigenvalue weighted by atomic mass is 31.1. The molecule has 0 radical (unpaired) electrons. The minimum absolute atomic E-state index is 0.0223. The van der Waals surface area contributed by atoms with Gasteiger partial charge in [0.05, 0.1) is 32.3 Å². The summed E-state index contributed by atoms with van der Waals surface area (Å²) in [5.74, 6) is 0. The van der Waals surface area contributed by atoms with E-state index >= 15 is 0 Å². The Morgan fingerprint density at radius 1 is 0.520 bits per heavy atom. The van der Waals surface area contributed by atoms with Gasteiger partial charge in [0.25, 0.3) is 0 Å². The molecule has 0 saturated heterocycles. The van der Waals surface area contributed by atoms with Crippen molar-refractivity contribution in [1.82, 2.24) is 0 Å². The zero-order chi connectivity index (χ0) is 19.8. The summed E-state index contributed by atoms with van der Waals surface area (Å²) in [7, 11) is -5.01. The van der Waals surface area contributed by atoms with Crippen LogP contribution in [0.3, 0.4) is 0 Å². The Labute approximate surface area is 164 Å². The first-order valence-electron chi connectivity index (χ1n) is 10.5. The van der Waals surface area contributed by atoms with Crippen molar-refractivity contribution in [2.24, 2.45) is 0 Å². The first kappa shape index (κ1) is 23.9. The lowest BCUT2D eigenvalue weighted by Gasteiger charge is -2.41. The van der Waals surface area contributed by atoms with Gasteiger partial charge in [-0.3, -0.25) is 0 Å². The van der Waals surface area contributed by atoms with Gasteiger partial charge in [-0.1, -0.05) is 107 Å². The highest BCUT2D eigenvalue weighted by Crippen LogP contribution is 2.42. The van der Waals surface area contributed by atoms with Gasteiger partial charge in [-0.2, -0.15) is 0 Å². The van der Waals surface area contributed by atoms with Crippen molar-refractivity contribution < 1.29 is 0 Å². The highest BCUT2D eigenvalue weighted by molar-refractivity contribution is 7.82. The van der Waals surface area contributed by atoms with Crippen LogP contribution < -0.4 is 0 Å². The van der Waals surface area contributed by atoms with Gasteiger partial charge < -0.3 is 0 Å². The van der Waals surface area contributed by atoms with Crippen molar-refractivity contribution in [3.05, 3.63) is 0 Å². The fourth-order valence-corrected chi connectivity index (χ4v) is 41.8. The van der Waals surface area contributed by atoms with Crippen LogP contribution in [0, 0.1) is 0 Å². The second-order valence-corrected chi connectivity index (χ2v) is 37.4. The Morgan fingerprint density at radius 2 is 0.800 bits per heavy atom. The van der Waals surface area contributed by atoms with E-state index in [0.717, 1.165) is 5.66 Å². The van der Waals surface area contributed by atoms with E-state index in [-0.39, 0.29) is 7.17 Å². The summed E-state index contributed by atoms with van der Waals surface area (Å²) < 4.78 is 4.39. The monoisotopic (exact) mass is 430 g/mol. The molecule has 1 aliphatic rings. The normalized spacial score (nSPS) is 18.2. The lowest BCUT2D eigenvalue weighted by molar-refractivity contribution is 0.515. The van der Waals surface area contributed by atoms with E-state index in [9.17, 15) is 0 Å². The first-order valence-corrected chi connectivity index (χ1v) is 25.9. The fraction of sp³-hybridized carbons (Fsp3) is 0.900. The van der Waals surface area contributed by atoms with E-state index in [4.69, 9.17) is 0 Å². The molecular formula is C20H47PSi4. The molecule has 0 bridgehead atoms. The zero-order valence-corrected chi connectivity index (χ0v) is 24.5. The molecule has 0 atom stereocenters. The second kappa shape index (κ2) is 8.11. The predicted molar refractivity (Wildman–Crippen MR) is 137 cm³/mol. The average Bonchev–Trinajstić information content (AvgIpc) is 2.32. The molecule has 1 fully saturated rings. The lowest BCUT2D eigenvalue weighted by Crippen LogP contribution is -2.53. The van der Waals surface area contributed by atoms with Crippen molar-refractivity contribution in [3.8, 4) is 0 Å². The molecule has 0 aromatic heterocycles. The van der Waals surface area contributed by atoms with E-state index in [1.54, 1.807) is 0 Å². The maximum atomic E-state index is 2.67. The molecule has 1 aliphatic carbocycles. The van der Waals surface area contributed by atoms with Crippen LogP contribution in [0.2, 0.25) is 78.6 Å². The summed E-state index contributed by atoms with van der Waals surface area (Å²) in [6.45, 7) is 32.1. The highest BCUT2D eigenvalue weighted by Gasteiger charge is 2.39. The van der Waals surface area contributed by atoms with Crippen LogP contribution in [0.5, 0.6) is 0 Å². The van der Waals surface area contributed by atoms with Crippen molar-refractivity contribution >= 4 is 48.5 Å². The molecule has 0 nitrogen and oxygen atoms in total. The molecule has 1 saturated carbocycles. The van der Waals surface area contributed by atoms with Gasteiger partial charge in [0.15, 0.2) is 0 Å². The van der Waals surface area contributed by atoms with Crippen LogP contribution in [0.15, 0.2) is 0 Å². The quantitative estimate of drug-likeness (QED) is 0.310. The minimum atomic E-state index is -1.26. The molecule has 5 heteroatoms. The van der Waals surface area contributed by atoms with Crippen LogP contribution in [0.1, 0.15) is 32.1 Å². The first-order chi connectivity index (χ1) is 11.0. The molecule has 0 aromatic rings. The van der Waals surface area contributed by atoms with Crippen molar-refractivity contribution in [1.29, 1.82) is 0 Å². The van der Waals surface area contributed by atoms with E-state index in [2.05, 4.69) is 87.6 Å². The molecule has 148 valence electrons. The summed E-state index contributed by atoms with van der Waals surface area (Å²) in [6, 6.07) is 0. The minimum Gasteiger partial charge on any atom is -0.139 e. The smallest absolute Gasteiger partial charge is 0.0726 e. The van der Waals surface area contributed by atoms with Gasteiger partial charge in [0, 0.05) is 0 Å². The van der Waals surface area contributed by atoms with Gasteiger partial charge in [-0.15, -0.1) is 7.17 Å². The van der Waals surface area contributed by atoms with Crippen molar-refractivity contribution in [3.63, 3.8) is 0 Å². The molecule has 0 spiro atoms. The van der Waals surface area contributed by atoms with Crippen molar-refractivity contribution in [2.45, 2.75) is 116 Å². The van der Waals surface area contributed by atoms with Gasteiger partial charge >= 0.3 is 0 Å². The Morgan fingerprint density at radius 3 is 1.04 bits per heavy atom. The maximum absolute atomic E-state index is 2.67. The third-order valence-electron chi connectivity index (χ3n) is 5.26. The van der Waals surface area contributed by atoms with Crippen molar-refractivity contribution in [2.75, 3.05) is 0 Å². The van der Waals surface area contributed by atoms with Crippen LogP contribution in [0.25, 0.3) is 0 Å². The molecule has 0 aliphatic heterocycles. The number of hydrogen-bond acceptors (Lipinski definition) is 0. The molecule has 25 heavy (non-hydrogen) atoms. The Balaban J connectivity index is 4.10. The van der Waals surface area contributed by atoms with Crippen LogP contribution in [-0.4, -0.2) is 47.0 Å². The fourth-order valence-electron chi connectivity index (χ4n) is 5.51. The van der Waals surface area contributed by atoms with E-state index in [0.29, 0.717) is 0 Å². The predicted octanol–water partition coefficient (Wildman–Crippen LogP) is 7.66. The van der Waals surface area contributed by atoms with E-state index in [1.165, 1.54) is 32.1 Å². The summed E-state index contributed by atoms with van der Waals surface area (Å²) >= 11 is 0. The van der Waals surface area contributed by atoms with E-state index in [1.807, 2.05) is 0 Å². The SMILES string of the molecule is C[Si](C)(C)C(=P(=C([Si](C)(C)C)[Si](C)(C)C)C1CCCCC1)[Si](C)(C)C. The summed E-state index contributed by atoms with van der Waals surface area (Å²) in [5, 5.41) is 0. The molecule has 0 unspecified atom stereocenters. The summed E-state index contributed by atoms with van der Waals surface area (Å²) in [6.07, 6.45) is 7.55. The molecular weight excluding hydrogens is 384 g/mol. The van der Waals surface area contributed by atoms with Crippen LogP contribution >= 0.6 is 7.17 Å². The Kier molecular flexibility index (Phi) is 7.76. The topological polar surface area (TPSA) is 0 Å². The van der Waals surface area contributed by atoms with E-state index < -0.39 is 32.3 Å². The third-order valence-corrected chi connectivity index (χ3v) is 33.1. The standard InChI is InChI=1S/C20H47PSi4/c1-22(2,3)19(23(4,5)6)21(18-16-14-13-15-17-18)20(24(7,8)9)25(10,11)12/h18H,13-17H2,1-12H3. The third kappa shape index (κ3) is 6.48. The second-order valence-electron chi connectivity index (χ2n) is 12.4. The van der Waals surface area contributed by atoms with Crippen LogP contribution in [-0.2, 0) is 0 Å². The molecule has 0 N–H and O–H groups in total. The Bertz CT molecular complexity index is 478. The molecule has 0 amide bonds. The van der Waals surface area contributed by atoms with Crippen LogP contribution in [0.4, 0.5) is 0 Å². The van der Waals surface area contributed by atoms with Gasteiger partial charge in [0.1, 0.15) is 0 Å². The summed E-state index contributed by atoms with van der Waals surface area (Å²) in [5.41, 5.74) is 1.03.